The van der Waals surface area contributed by atoms with Gasteiger partial charge in [0.15, 0.2) is 0 Å². The Kier molecular flexibility index (Phi) is 6.66. The SMILES string of the molecule is CCCCCCc1ccc(-c2ccc(/C=C/c3ccc(C)cc3)s2)s1. The zero-order valence-electron chi connectivity index (χ0n) is 15.1. The van der Waals surface area contributed by atoms with E-state index in [1.165, 1.54) is 62.7 Å². The van der Waals surface area contributed by atoms with E-state index in [0.29, 0.717) is 0 Å². The van der Waals surface area contributed by atoms with Crippen molar-refractivity contribution in [2.24, 2.45) is 0 Å². The quantitative estimate of drug-likeness (QED) is 0.353. The molecule has 0 spiro atoms. The van der Waals surface area contributed by atoms with Crippen LogP contribution >= 0.6 is 22.7 Å². The molecule has 0 atom stereocenters. The Bertz CT molecular complexity index is 803. The molecule has 3 rings (SSSR count). The van der Waals surface area contributed by atoms with Gasteiger partial charge in [-0.1, -0.05) is 62.1 Å². The van der Waals surface area contributed by atoms with Crippen LogP contribution in [0.3, 0.4) is 0 Å². The van der Waals surface area contributed by atoms with Gasteiger partial charge >= 0.3 is 0 Å². The lowest BCUT2D eigenvalue weighted by Crippen LogP contribution is -1.80. The fraction of sp³-hybridized carbons (Fsp3) is 0.304. The highest BCUT2D eigenvalue weighted by Gasteiger charge is 2.05. The van der Waals surface area contributed by atoms with E-state index >= 15 is 0 Å². The van der Waals surface area contributed by atoms with Crippen molar-refractivity contribution < 1.29 is 0 Å². The number of hydrogen-bond donors (Lipinski definition) is 0. The molecule has 0 fully saturated rings. The molecule has 0 aliphatic rings. The molecule has 0 N–H and O–H groups in total. The molecule has 3 aromatic rings. The minimum atomic E-state index is 1.23. The van der Waals surface area contributed by atoms with Gasteiger partial charge in [-0.3, -0.25) is 0 Å². The Labute approximate surface area is 159 Å². The van der Waals surface area contributed by atoms with E-state index in [0.717, 1.165) is 0 Å². The fourth-order valence-electron chi connectivity index (χ4n) is 2.80. The summed E-state index contributed by atoms with van der Waals surface area (Å²) in [5, 5.41) is 0. The maximum atomic E-state index is 2.31. The second-order valence-electron chi connectivity index (χ2n) is 6.52. The van der Waals surface area contributed by atoms with Crippen LogP contribution in [-0.4, -0.2) is 0 Å². The van der Waals surface area contributed by atoms with Crippen molar-refractivity contribution in [3.8, 4) is 9.75 Å². The van der Waals surface area contributed by atoms with Gasteiger partial charge in [0.2, 0.25) is 0 Å². The minimum absolute atomic E-state index is 1.23. The molecule has 0 aliphatic heterocycles. The van der Waals surface area contributed by atoms with Gasteiger partial charge in [-0.05, 0) is 55.7 Å². The molecule has 0 unspecified atom stereocenters. The van der Waals surface area contributed by atoms with Crippen molar-refractivity contribution in [1.82, 2.24) is 0 Å². The molecule has 0 saturated heterocycles. The summed E-state index contributed by atoms with van der Waals surface area (Å²) < 4.78 is 0. The number of aryl methyl sites for hydroxylation is 2. The lowest BCUT2D eigenvalue weighted by molar-refractivity contribution is 0.670. The number of thiophene rings is 2. The summed E-state index contributed by atoms with van der Waals surface area (Å²) >= 11 is 3.84. The van der Waals surface area contributed by atoms with E-state index in [-0.39, 0.29) is 0 Å². The van der Waals surface area contributed by atoms with Crippen molar-refractivity contribution in [2.45, 2.75) is 46.0 Å². The molecule has 25 heavy (non-hydrogen) atoms. The number of unbranched alkanes of at least 4 members (excludes halogenated alkanes) is 3. The summed E-state index contributed by atoms with van der Waals surface area (Å²) in [5.74, 6) is 0. The Morgan fingerprint density at radius 3 is 2.32 bits per heavy atom. The Morgan fingerprint density at radius 1 is 0.760 bits per heavy atom. The number of rotatable bonds is 8. The van der Waals surface area contributed by atoms with E-state index in [2.05, 4.69) is 74.5 Å². The van der Waals surface area contributed by atoms with Gasteiger partial charge in [0.1, 0.15) is 0 Å². The van der Waals surface area contributed by atoms with Crippen LogP contribution in [0.15, 0.2) is 48.5 Å². The molecule has 0 amide bonds. The van der Waals surface area contributed by atoms with Crippen molar-refractivity contribution in [1.29, 1.82) is 0 Å². The van der Waals surface area contributed by atoms with Gasteiger partial charge in [0.05, 0.1) is 0 Å². The van der Waals surface area contributed by atoms with Crippen LogP contribution in [-0.2, 0) is 6.42 Å². The van der Waals surface area contributed by atoms with E-state index in [4.69, 9.17) is 0 Å². The zero-order valence-corrected chi connectivity index (χ0v) is 16.8. The van der Waals surface area contributed by atoms with Gasteiger partial charge in [-0.25, -0.2) is 0 Å². The first-order chi connectivity index (χ1) is 12.2. The number of benzene rings is 1. The van der Waals surface area contributed by atoms with Gasteiger partial charge in [0, 0.05) is 19.5 Å². The van der Waals surface area contributed by atoms with Crippen molar-refractivity contribution >= 4 is 34.8 Å². The van der Waals surface area contributed by atoms with Crippen molar-refractivity contribution in [2.75, 3.05) is 0 Å². The van der Waals surface area contributed by atoms with Crippen molar-refractivity contribution in [3.05, 3.63) is 69.4 Å². The molecule has 0 aliphatic carbocycles. The Morgan fingerprint density at radius 2 is 1.52 bits per heavy atom. The lowest BCUT2D eigenvalue weighted by atomic mass is 10.1. The molecule has 1 aromatic carbocycles. The molecule has 0 nitrogen and oxygen atoms in total. The van der Waals surface area contributed by atoms with Crippen LogP contribution in [0.4, 0.5) is 0 Å². The van der Waals surface area contributed by atoms with E-state index in [1.54, 1.807) is 0 Å². The van der Waals surface area contributed by atoms with Crippen LogP contribution in [0.1, 0.15) is 53.5 Å². The summed E-state index contributed by atoms with van der Waals surface area (Å²) in [6.07, 6.45) is 11.0. The molecular formula is C23H26S2. The van der Waals surface area contributed by atoms with E-state index in [1.807, 2.05) is 22.7 Å². The predicted molar refractivity (Wildman–Crippen MR) is 116 cm³/mol. The average molecular weight is 367 g/mol. The highest BCUT2D eigenvalue weighted by atomic mass is 32.1. The molecule has 2 heterocycles. The Hall–Kier alpha value is -1.64. The maximum absolute atomic E-state index is 2.31. The highest BCUT2D eigenvalue weighted by molar-refractivity contribution is 7.22. The third-order valence-electron chi connectivity index (χ3n) is 4.33. The third kappa shape index (κ3) is 5.42. The van der Waals surface area contributed by atoms with Gasteiger partial charge in [-0.15, -0.1) is 22.7 Å². The van der Waals surface area contributed by atoms with E-state index < -0.39 is 0 Å². The third-order valence-corrected chi connectivity index (χ3v) is 6.72. The predicted octanol–water partition coefficient (Wildman–Crippen LogP) is 8.08. The second-order valence-corrected chi connectivity index (χ2v) is 8.81. The van der Waals surface area contributed by atoms with Crippen LogP contribution in [0.2, 0.25) is 0 Å². The summed E-state index contributed by atoms with van der Waals surface area (Å²) in [6.45, 7) is 4.39. The molecular weight excluding hydrogens is 340 g/mol. The van der Waals surface area contributed by atoms with Crippen LogP contribution < -0.4 is 0 Å². The van der Waals surface area contributed by atoms with Crippen LogP contribution in [0.25, 0.3) is 21.9 Å². The normalized spacial score (nSPS) is 11.4. The van der Waals surface area contributed by atoms with E-state index in [9.17, 15) is 0 Å². The largest absolute Gasteiger partial charge is 0.139 e. The Balaban J connectivity index is 1.61. The molecule has 2 aromatic heterocycles. The topological polar surface area (TPSA) is 0 Å². The zero-order chi connectivity index (χ0) is 17.5. The van der Waals surface area contributed by atoms with Gasteiger partial charge in [0.25, 0.3) is 0 Å². The van der Waals surface area contributed by atoms with Crippen molar-refractivity contribution in [3.63, 3.8) is 0 Å². The summed E-state index contributed by atoms with van der Waals surface area (Å²) in [6, 6.07) is 17.7. The first-order valence-electron chi connectivity index (χ1n) is 9.18. The second kappa shape index (κ2) is 9.17. The molecule has 2 heteroatoms. The van der Waals surface area contributed by atoms with Crippen LogP contribution in [0, 0.1) is 6.92 Å². The van der Waals surface area contributed by atoms with Gasteiger partial charge < -0.3 is 0 Å². The first kappa shape index (κ1) is 18.2. The lowest BCUT2D eigenvalue weighted by Gasteiger charge is -1.96. The summed E-state index contributed by atoms with van der Waals surface area (Å²) in [7, 11) is 0. The molecule has 0 saturated carbocycles. The number of hydrogen-bond acceptors (Lipinski definition) is 2. The van der Waals surface area contributed by atoms with Crippen LogP contribution in [0.5, 0.6) is 0 Å². The maximum Gasteiger partial charge on any atom is 0.0449 e. The smallest absolute Gasteiger partial charge is 0.0449 e. The summed E-state index contributed by atoms with van der Waals surface area (Å²) in [4.78, 5) is 5.63. The molecule has 0 bridgehead atoms. The average Bonchev–Trinajstić information content (AvgIpc) is 3.27. The fourth-order valence-corrected chi connectivity index (χ4v) is 4.85. The molecule has 130 valence electrons. The highest BCUT2D eigenvalue weighted by Crippen LogP contribution is 2.34. The summed E-state index contributed by atoms with van der Waals surface area (Å²) in [5.41, 5.74) is 2.56. The standard InChI is InChI=1S/C23H26S2/c1-3-4-5-6-7-20-14-16-22(24-20)23-17-15-21(25-23)13-12-19-10-8-18(2)9-11-19/h8-17H,3-7H2,1-2H3/b13-12+. The van der Waals surface area contributed by atoms with Gasteiger partial charge in [-0.2, -0.15) is 0 Å². The minimum Gasteiger partial charge on any atom is -0.139 e. The molecule has 0 radical (unpaired) electrons. The first-order valence-corrected chi connectivity index (χ1v) is 10.8. The monoisotopic (exact) mass is 366 g/mol.